The van der Waals surface area contributed by atoms with Gasteiger partial charge >= 0.3 is 0 Å². The smallest absolute Gasteiger partial charge is 0.123 e. The van der Waals surface area contributed by atoms with Crippen molar-refractivity contribution in [3.8, 4) is 5.75 Å². The molecular formula is C15H26N2O. The van der Waals surface area contributed by atoms with Crippen molar-refractivity contribution in [2.45, 2.75) is 26.3 Å². The SMILES string of the molecule is CCCNC(CN(C)CC)c1ccccc1OC. The molecule has 0 saturated heterocycles. The largest absolute Gasteiger partial charge is 0.496 e. The Morgan fingerprint density at radius 2 is 2.00 bits per heavy atom. The van der Waals surface area contributed by atoms with Crippen LogP contribution in [0.25, 0.3) is 0 Å². The summed E-state index contributed by atoms with van der Waals surface area (Å²) in [6, 6.07) is 8.59. The fourth-order valence-corrected chi connectivity index (χ4v) is 1.99. The van der Waals surface area contributed by atoms with Crippen LogP contribution in [0, 0.1) is 0 Å². The first-order valence-electron chi connectivity index (χ1n) is 6.77. The number of likely N-dealkylation sites (N-methyl/N-ethyl adjacent to an activating group) is 1. The minimum absolute atomic E-state index is 0.325. The highest BCUT2D eigenvalue weighted by Crippen LogP contribution is 2.25. The quantitative estimate of drug-likeness (QED) is 0.767. The van der Waals surface area contributed by atoms with Gasteiger partial charge in [-0.3, -0.25) is 0 Å². The van der Waals surface area contributed by atoms with E-state index in [1.54, 1.807) is 7.11 Å². The summed E-state index contributed by atoms with van der Waals surface area (Å²) in [5.74, 6) is 0.968. The summed E-state index contributed by atoms with van der Waals surface area (Å²) in [5, 5.41) is 3.60. The molecule has 0 aromatic heterocycles. The first kappa shape index (κ1) is 15.0. The van der Waals surface area contributed by atoms with E-state index in [0.717, 1.165) is 31.8 Å². The van der Waals surface area contributed by atoms with Crippen molar-refractivity contribution in [2.24, 2.45) is 0 Å². The second-order valence-corrected chi connectivity index (χ2v) is 4.60. The number of hydrogen-bond donors (Lipinski definition) is 1. The second-order valence-electron chi connectivity index (χ2n) is 4.60. The fourth-order valence-electron chi connectivity index (χ4n) is 1.99. The van der Waals surface area contributed by atoms with Gasteiger partial charge in [-0.05, 0) is 32.6 Å². The molecule has 0 aliphatic rings. The molecule has 0 bridgehead atoms. The standard InChI is InChI=1S/C15H26N2O/c1-5-11-16-14(12-17(3)6-2)13-9-7-8-10-15(13)18-4/h7-10,14,16H,5-6,11-12H2,1-4H3. The topological polar surface area (TPSA) is 24.5 Å². The fraction of sp³-hybridized carbons (Fsp3) is 0.600. The molecule has 18 heavy (non-hydrogen) atoms. The Morgan fingerprint density at radius 3 is 2.61 bits per heavy atom. The highest BCUT2D eigenvalue weighted by molar-refractivity contribution is 5.36. The molecule has 3 nitrogen and oxygen atoms in total. The molecule has 0 heterocycles. The zero-order valence-electron chi connectivity index (χ0n) is 12.1. The molecule has 1 aromatic carbocycles. The van der Waals surface area contributed by atoms with Gasteiger partial charge in [-0.15, -0.1) is 0 Å². The number of rotatable bonds is 8. The molecule has 0 aliphatic heterocycles. The number of benzene rings is 1. The van der Waals surface area contributed by atoms with Crippen LogP contribution >= 0.6 is 0 Å². The summed E-state index contributed by atoms with van der Waals surface area (Å²) in [6.07, 6.45) is 1.14. The number of nitrogens with zero attached hydrogens (tertiary/aromatic N) is 1. The molecule has 1 atom stereocenters. The van der Waals surface area contributed by atoms with Crippen LogP contribution in [0.15, 0.2) is 24.3 Å². The maximum atomic E-state index is 5.46. The van der Waals surface area contributed by atoms with Crippen LogP contribution in [-0.2, 0) is 0 Å². The summed E-state index contributed by atoms with van der Waals surface area (Å²) < 4.78 is 5.46. The molecule has 0 amide bonds. The third kappa shape index (κ3) is 4.31. The first-order chi connectivity index (χ1) is 8.72. The molecule has 1 N–H and O–H groups in total. The van der Waals surface area contributed by atoms with Crippen molar-refractivity contribution < 1.29 is 4.74 Å². The maximum Gasteiger partial charge on any atom is 0.123 e. The Morgan fingerprint density at radius 1 is 1.28 bits per heavy atom. The predicted octanol–water partition coefficient (Wildman–Crippen LogP) is 2.69. The van der Waals surface area contributed by atoms with E-state index in [2.05, 4.69) is 43.2 Å². The Bertz CT molecular complexity index is 341. The predicted molar refractivity (Wildman–Crippen MR) is 77.2 cm³/mol. The summed E-state index contributed by atoms with van der Waals surface area (Å²) in [4.78, 5) is 2.32. The van der Waals surface area contributed by atoms with E-state index in [1.807, 2.05) is 12.1 Å². The van der Waals surface area contributed by atoms with Crippen molar-refractivity contribution in [1.29, 1.82) is 0 Å². The van der Waals surface area contributed by atoms with Crippen molar-refractivity contribution in [3.05, 3.63) is 29.8 Å². The van der Waals surface area contributed by atoms with Gasteiger partial charge in [0.1, 0.15) is 5.75 Å². The highest BCUT2D eigenvalue weighted by Gasteiger charge is 2.16. The molecule has 0 radical (unpaired) electrons. The summed E-state index contributed by atoms with van der Waals surface area (Å²) in [6.45, 7) is 7.45. The Labute approximate surface area is 111 Å². The van der Waals surface area contributed by atoms with E-state index >= 15 is 0 Å². The van der Waals surface area contributed by atoms with Crippen molar-refractivity contribution in [1.82, 2.24) is 10.2 Å². The van der Waals surface area contributed by atoms with Crippen molar-refractivity contribution >= 4 is 0 Å². The van der Waals surface area contributed by atoms with Gasteiger partial charge in [-0.2, -0.15) is 0 Å². The van der Waals surface area contributed by atoms with Gasteiger partial charge in [0, 0.05) is 18.2 Å². The highest BCUT2D eigenvalue weighted by atomic mass is 16.5. The first-order valence-corrected chi connectivity index (χ1v) is 6.77. The third-order valence-corrected chi connectivity index (χ3v) is 3.19. The van der Waals surface area contributed by atoms with Crippen LogP contribution in [0.3, 0.4) is 0 Å². The molecule has 0 fully saturated rings. The van der Waals surface area contributed by atoms with Gasteiger partial charge < -0.3 is 15.0 Å². The van der Waals surface area contributed by atoms with Gasteiger partial charge in [0.05, 0.1) is 7.11 Å². The maximum absolute atomic E-state index is 5.46. The normalized spacial score (nSPS) is 12.7. The summed E-state index contributed by atoms with van der Waals surface area (Å²) >= 11 is 0. The average molecular weight is 250 g/mol. The molecule has 1 unspecified atom stereocenters. The second kappa shape index (κ2) is 8.11. The van der Waals surface area contributed by atoms with Crippen LogP contribution in [0.2, 0.25) is 0 Å². The molecule has 0 aliphatic carbocycles. The molecule has 0 spiro atoms. The summed E-state index contributed by atoms with van der Waals surface area (Å²) in [5.41, 5.74) is 1.24. The van der Waals surface area contributed by atoms with Gasteiger partial charge in [0.25, 0.3) is 0 Å². The summed E-state index contributed by atoms with van der Waals surface area (Å²) in [7, 11) is 3.88. The van der Waals surface area contributed by atoms with Crippen LogP contribution in [0.4, 0.5) is 0 Å². The molecule has 0 saturated carbocycles. The van der Waals surface area contributed by atoms with Gasteiger partial charge in [-0.1, -0.05) is 32.0 Å². The van der Waals surface area contributed by atoms with Crippen LogP contribution in [-0.4, -0.2) is 38.7 Å². The third-order valence-electron chi connectivity index (χ3n) is 3.19. The van der Waals surface area contributed by atoms with E-state index in [0.29, 0.717) is 6.04 Å². The number of nitrogens with one attached hydrogen (secondary N) is 1. The molecule has 1 aromatic rings. The zero-order valence-corrected chi connectivity index (χ0v) is 12.1. The minimum Gasteiger partial charge on any atom is -0.496 e. The van der Waals surface area contributed by atoms with Crippen LogP contribution in [0.1, 0.15) is 31.9 Å². The van der Waals surface area contributed by atoms with E-state index in [9.17, 15) is 0 Å². The van der Waals surface area contributed by atoms with Crippen LogP contribution < -0.4 is 10.1 Å². The molecular weight excluding hydrogens is 224 g/mol. The van der Waals surface area contributed by atoms with Gasteiger partial charge in [0.15, 0.2) is 0 Å². The van der Waals surface area contributed by atoms with Gasteiger partial charge in [-0.25, -0.2) is 0 Å². The zero-order chi connectivity index (χ0) is 13.4. The Kier molecular flexibility index (Phi) is 6.76. The molecule has 102 valence electrons. The van der Waals surface area contributed by atoms with Gasteiger partial charge in [0.2, 0.25) is 0 Å². The lowest BCUT2D eigenvalue weighted by Gasteiger charge is -2.25. The lowest BCUT2D eigenvalue weighted by atomic mass is 10.0. The minimum atomic E-state index is 0.325. The van der Waals surface area contributed by atoms with Crippen molar-refractivity contribution in [2.75, 3.05) is 33.8 Å². The Balaban J connectivity index is 2.85. The molecule has 3 heteroatoms. The van der Waals surface area contributed by atoms with E-state index in [-0.39, 0.29) is 0 Å². The van der Waals surface area contributed by atoms with Crippen molar-refractivity contribution in [3.63, 3.8) is 0 Å². The number of ether oxygens (including phenoxy) is 1. The average Bonchev–Trinajstić information content (AvgIpc) is 2.43. The lowest BCUT2D eigenvalue weighted by Crippen LogP contribution is -2.33. The molecule has 1 rings (SSSR count). The number of methoxy groups -OCH3 is 1. The lowest BCUT2D eigenvalue weighted by molar-refractivity contribution is 0.298. The number of hydrogen-bond acceptors (Lipinski definition) is 3. The van der Waals surface area contributed by atoms with E-state index in [1.165, 1.54) is 5.56 Å². The Hall–Kier alpha value is -1.06. The van der Waals surface area contributed by atoms with Crippen LogP contribution in [0.5, 0.6) is 5.75 Å². The van der Waals surface area contributed by atoms with E-state index < -0.39 is 0 Å². The monoisotopic (exact) mass is 250 g/mol. The van der Waals surface area contributed by atoms with E-state index in [4.69, 9.17) is 4.74 Å². The number of para-hydroxylation sites is 1.